The van der Waals surface area contributed by atoms with Crippen LogP contribution in [0.4, 0.5) is 8.78 Å². The summed E-state index contributed by atoms with van der Waals surface area (Å²) in [6.07, 6.45) is -0.426. The molecule has 0 fully saturated rings. The van der Waals surface area contributed by atoms with Crippen LogP contribution in [-0.2, 0) is 17.0 Å². The third kappa shape index (κ3) is 4.99. The lowest BCUT2D eigenvalue weighted by atomic mass is 10.4. The van der Waals surface area contributed by atoms with Crippen LogP contribution in [0.2, 0.25) is 0 Å². The van der Waals surface area contributed by atoms with Gasteiger partial charge in [-0.2, -0.15) is 0 Å². The summed E-state index contributed by atoms with van der Waals surface area (Å²) in [7, 11) is 0. The number of nitrogens with zero attached hydrogens (tertiary/aromatic N) is 2. The highest BCUT2D eigenvalue weighted by molar-refractivity contribution is 6.16. The molecule has 15 heavy (non-hydrogen) atoms. The predicted octanol–water partition coefficient (Wildman–Crippen LogP) is 2.04. The Kier molecular flexibility index (Phi) is 5.42. The number of aromatic nitrogens is 2. The van der Waals surface area contributed by atoms with E-state index in [4.69, 9.17) is 16.3 Å². The van der Waals surface area contributed by atoms with Gasteiger partial charge in [0.1, 0.15) is 12.4 Å². The van der Waals surface area contributed by atoms with Gasteiger partial charge in [0.05, 0.1) is 18.2 Å². The average Bonchev–Trinajstić information content (AvgIpc) is 2.24. The third-order valence-electron chi connectivity index (χ3n) is 1.61. The van der Waals surface area contributed by atoms with Gasteiger partial charge in [-0.15, -0.1) is 11.6 Å². The number of hydrogen-bond donors (Lipinski definition) is 0. The van der Waals surface area contributed by atoms with Crippen LogP contribution in [0, 0.1) is 0 Å². The van der Waals surface area contributed by atoms with E-state index in [9.17, 15) is 8.78 Å². The largest absolute Gasteiger partial charge is 0.375 e. The zero-order valence-corrected chi connectivity index (χ0v) is 8.75. The number of alkyl halides is 3. The van der Waals surface area contributed by atoms with E-state index >= 15 is 0 Å². The topological polar surface area (TPSA) is 35.0 Å². The molecule has 1 heterocycles. The van der Waals surface area contributed by atoms with E-state index in [-0.39, 0.29) is 6.61 Å². The van der Waals surface area contributed by atoms with E-state index in [0.717, 1.165) is 5.69 Å². The van der Waals surface area contributed by atoms with Gasteiger partial charge in [0.2, 0.25) is 0 Å². The molecule has 84 valence electrons. The standard InChI is InChI=1S/C9H11ClF2N2O/c10-5-7-1-3-13-9(14-7)2-4-15-6-8(11)12/h1,3,8H,2,4-6H2. The highest BCUT2D eigenvalue weighted by Crippen LogP contribution is 2.00. The summed E-state index contributed by atoms with van der Waals surface area (Å²) in [5.41, 5.74) is 0.718. The second kappa shape index (κ2) is 6.63. The summed E-state index contributed by atoms with van der Waals surface area (Å²) >= 11 is 5.58. The summed E-state index contributed by atoms with van der Waals surface area (Å²) in [5.74, 6) is 0.871. The second-order valence-corrected chi connectivity index (χ2v) is 3.08. The average molecular weight is 237 g/mol. The summed E-state index contributed by atoms with van der Waals surface area (Å²) in [4.78, 5) is 8.06. The normalized spacial score (nSPS) is 10.9. The zero-order valence-electron chi connectivity index (χ0n) is 8.00. The fraction of sp³-hybridized carbons (Fsp3) is 0.556. The van der Waals surface area contributed by atoms with Crippen molar-refractivity contribution in [1.29, 1.82) is 0 Å². The van der Waals surface area contributed by atoms with E-state index in [1.165, 1.54) is 0 Å². The molecular weight excluding hydrogens is 226 g/mol. The van der Waals surface area contributed by atoms with E-state index < -0.39 is 13.0 Å². The van der Waals surface area contributed by atoms with Gasteiger partial charge in [0.15, 0.2) is 0 Å². The minimum atomic E-state index is -2.43. The van der Waals surface area contributed by atoms with Crippen molar-refractivity contribution in [2.24, 2.45) is 0 Å². The first-order valence-corrected chi connectivity index (χ1v) is 4.98. The van der Waals surface area contributed by atoms with E-state index in [1.54, 1.807) is 12.3 Å². The Morgan fingerprint density at radius 3 is 2.93 bits per heavy atom. The van der Waals surface area contributed by atoms with Crippen molar-refractivity contribution >= 4 is 11.6 Å². The first-order chi connectivity index (χ1) is 7.22. The summed E-state index contributed by atoms with van der Waals surface area (Å²) in [6.45, 7) is -0.356. The minimum absolute atomic E-state index is 0.191. The second-order valence-electron chi connectivity index (χ2n) is 2.81. The van der Waals surface area contributed by atoms with Crippen molar-refractivity contribution < 1.29 is 13.5 Å². The Bertz CT molecular complexity index is 299. The van der Waals surface area contributed by atoms with Crippen LogP contribution in [0.15, 0.2) is 12.3 Å². The van der Waals surface area contributed by atoms with Crippen molar-refractivity contribution in [3.63, 3.8) is 0 Å². The van der Waals surface area contributed by atoms with Gasteiger partial charge in [-0.3, -0.25) is 0 Å². The molecule has 0 bridgehead atoms. The molecule has 0 radical (unpaired) electrons. The summed E-state index contributed by atoms with van der Waals surface area (Å²) < 4.78 is 28.1. The van der Waals surface area contributed by atoms with Crippen molar-refractivity contribution in [1.82, 2.24) is 9.97 Å². The minimum Gasteiger partial charge on any atom is -0.375 e. The van der Waals surface area contributed by atoms with Crippen LogP contribution in [0.25, 0.3) is 0 Å². The summed E-state index contributed by atoms with van der Waals surface area (Å²) in [6, 6.07) is 1.70. The Morgan fingerprint density at radius 1 is 1.47 bits per heavy atom. The third-order valence-corrected chi connectivity index (χ3v) is 1.89. The Hall–Kier alpha value is -0.810. The number of halogens is 3. The van der Waals surface area contributed by atoms with Crippen LogP contribution < -0.4 is 0 Å². The van der Waals surface area contributed by atoms with Crippen LogP contribution in [0.5, 0.6) is 0 Å². The molecule has 0 amide bonds. The predicted molar refractivity (Wildman–Crippen MR) is 52.1 cm³/mol. The molecule has 0 spiro atoms. The molecule has 3 nitrogen and oxygen atoms in total. The van der Waals surface area contributed by atoms with Crippen LogP contribution in [0.1, 0.15) is 11.5 Å². The molecule has 1 aromatic rings. The lowest BCUT2D eigenvalue weighted by Gasteiger charge is -2.03. The van der Waals surface area contributed by atoms with Crippen molar-refractivity contribution in [2.75, 3.05) is 13.2 Å². The van der Waals surface area contributed by atoms with Gasteiger partial charge in [0.25, 0.3) is 6.43 Å². The van der Waals surface area contributed by atoms with Gasteiger partial charge in [-0.25, -0.2) is 18.7 Å². The van der Waals surface area contributed by atoms with E-state index in [0.29, 0.717) is 18.1 Å². The number of hydrogen-bond acceptors (Lipinski definition) is 3. The SMILES string of the molecule is FC(F)COCCc1nccc(CCl)n1. The molecule has 0 aliphatic heterocycles. The molecule has 0 saturated heterocycles. The van der Waals surface area contributed by atoms with Crippen molar-refractivity contribution in [3.05, 3.63) is 23.8 Å². The Labute approximate surface area is 91.4 Å². The lowest BCUT2D eigenvalue weighted by Crippen LogP contribution is -2.09. The van der Waals surface area contributed by atoms with Gasteiger partial charge >= 0.3 is 0 Å². The van der Waals surface area contributed by atoms with Gasteiger partial charge in [-0.05, 0) is 6.07 Å². The molecule has 6 heteroatoms. The number of rotatable bonds is 6. The fourth-order valence-electron chi connectivity index (χ4n) is 0.972. The molecule has 0 N–H and O–H groups in total. The molecule has 1 rings (SSSR count). The maximum atomic E-state index is 11.7. The highest BCUT2D eigenvalue weighted by Gasteiger charge is 2.03. The maximum absolute atomic E-state index is 11.7. The Balaban J connectivity index is 2.30. The fourth-order valence-corrected chi connectivity index (χ4v) is 1.12. The van der Waals surface area contributed by atoms with Crippen LogP contribution in [-0.4, -0.2) is 29.6 Å². The molecule has 0 aliphatic rings. The first-order valence-electron chi connectivity index (χ1n) is 4.45. The first kappa shape index (κ1) is 12.3. The molecular formula is C9H11ClF2N2O. The van der Waals surface area contributed by atoms with Gasteiger partial charge < -0.3 is 4.74 Å². The zero-order chi connectivity index (χ0) is 11.1. The quantitative estimate of drug-likeness (QED) is 0.560. The van der Waals surface area contributed by atoms with Gasteiger partial charge in [0, 0.05) is 12.6 Å². The number of ether oxygens (including phenoxy) is 1. The van der Waals surface area contributed by atoms with E-state index in [2.05, 4.69) is 9.97 Å². The van der Waals surface area contributed by atoms with Crippen LogP contribution in [0.3, 0.4) is 0 Å². The van der Waals surface area contributed by atoms with E-state index in [1.807, 2.05) is 0 Å². The molecule has 1 aromatic heterocycles. The lowest BCUT2D eigenvalue weighted by molar-refractivity contribution is 0.0182. The molecule has 0 aromatic carbocycles. The van der Waals surface area contributed by atoms with Crippen molar-refractivity contribution in [3.8, 4) is 0 Å². The van der Waals surface area contributed by atoms with Gasteiger partial charge in [-0.1, -0.05) is 0 Å². The Morgan fingerprint density at radius 2 is 2.27 bits per heavy atom. The smallest absolute Gasteiger partial charge is 0.261 e. The molecule has 0 aliphatic carbocycles. The monoisotopic (exact) mass is 236 g/mol. The highest BCUT2D eigenvalue weighted by atomic mass is 35.5. The van der Waals surface area contributed by atoms with Crippen LogP contribution >= 0.6 is 11.6 Å². The summed E-state index contributed by atoms with van der Waals surface area (Å²) in [5, 5.41) is 0. The molecule has 0 unspecified atom stereocenters. The molecule has 0 saturated carbocycles. The molecule has 0 atom stereocenters. The van der Waals surface area contributed by atoms with Crippen molar-refractivity contribution in [2.45, 2.75) is 18.7 Å². The maximum Gasteiger partial charge on any atom is 0.261 e.